The van der Waals surface area contributed by atoms with Gasteiger partial charge in [0.1, 0.15) is 5.75 Å². The van der Waals surface area contributed by atoms with E-state index in [1.807, 2.05) is 37.5 Å². The maximum absolute atomic E-state index is 12.2. The topological polar surface area (TPSA) is 116 Å². The van der Waals surface area contributed by atoms with Crippen LogP contribution in [0.2, 0.25) is 10.0 Å². The summed E-state index contributed by atoms with van der Waals surface area (Å²) in [5.74, 6) is 0.155. The number of ether oxygens (including phenoxy) is 2. The van der Waals surface area contributed by atoms with Gasteiger partial charge in [-0.1, -0.05) is 23.2 Å². The molecule has 1 saturated heterocycles. The van der Waals surface area contributed by atoms with Crippen molar-refractivity contribution in [1.29, 1.82) is 0 Å². The number of rotatable bonds is 5. The third-order valence-corrected chi connectivity index (χ3v) is 5.29. The number of carbonyl (C=O) groups excluding carboxylic acids is 2. The fourth-order valence-electron chi connectivity index (χ4n) is 3.35. The van der Waals surface area contributed by atoms with E-state index in [4.69, 9.17) is 32.7 Å². The molecule has 0 spiro atoms. The smallest absolute Gasteiger partial charge is 0.427 e. The number of fused-ring (bicyclic) bond motifs is 1. The van der Waals surface area contributed by atoms with E-state index in [1.165, 1.54) is 12.1 Å². The zero-order chi connectivity index (χ0) is 23.9. The Bertz CT molecular complexity index is 1230. The summed E-state index contributed by atoms with van der Waals surface area (Å²) < 4.78 is 13.4. The van der Waals surface area contributed by atoms with Gasteiger partial charge in [-0.2, -0.15) is 4.98 Å². The first-order valence-corrected chi connectivity index (χ1v) is 10.6. The number of imidazole rings is 1. The maximum Gasteiger partial charge on any atom is 0.427 e. The average molecular weight is 494 g/mol. The molecule has 1 unspecified atom stereocenters. The van der Waals surface area contributed by atoms with Gasteiger partial charge in [0.15, 0.2) is 11.9 Å². The number of nitrogens with zero attached hydrogens (tertiary/aromatic N) is 2. The zero-order valence-corrected chi connectivity index (χ0v) is 19.7. The Labute approximate surface area is 199 Å². The molecule has 2 heterocycles. The van der Waals surface area contributed by atoms with E-state index < -0.39 is 18.2 Å². The van der Waals surface area contributed by atoms with Crippen LogP contribution in [-0.2, 0) is 15.2 Å². The fourth-order valence-corrected chi connectivity index (χ4v) is 3.92. The van der Waals surface area contributed by atoms with Gasteiger partial charge in [-0.15, -0.1) is 5.48 Å². The van der Waals surface area contributed by atoms with Crippen molar-refractivity contribution in [2.45, 2.75) is 32.5 Å². The average Bonchev–Trinajstić information content (AvgIpc) is 3.33. The highest BCUT2D eigenvalue weighted by atomic mass is 35.5. The van der Waals surface area contributed by atoms with Gasteiger partial charge in [0.05, 0.1) is 28.2 Å². The number of nitrogens with one attached hydrogen (secondary N) is 3. The lowest BCUT2D eigenvalue weighted by Gasteiger charge is -2.23. The molecule has 0 saturated carbocycles. The molecule has 0 radical (unpaired) electrons. The predicted octanol–water partition coefficient (Wildman–Crippen LogP) is 4.41. The lowest BCUT2D eigenvalue weighted by atomic mass is 10.1. The number of aromatic nitrogens is 2. The van der Waals surface area contributed by atoms with Gasteiger partial charge in [0, 0.05) is 17.3 Å². The monoisotopic (exact) mass is 493 g/mol. The highest BCUT2D eigenvalue weighted by molar-refractivity contribution is 6.37. The van der Waals surface area contributed by atoms with Crippen LogP contribution in [0, 0.1) is 0 Å². The van der Waals surface area contributed by atoms with E-state index >= 15 is 0 Å². The Morgan fingerprint density at radius 1 is 1.21 bits per heavy atom. The molecule has 1 aromatic heterocycles. The highest BCUT2D eigenvalue weighted by Gasteiger charge is 2.29. The molecular formula is C21H21Cl2N5O5. The van der Waals surface area contributed by atoms with Crippen LogP contribution in [0.4, 0.5) is 10.5 Å². The van der Waals surface area contributed by atoms with Crippen molar-refractivity contribution in [3.8, 4) is 17.5 Å². The van der Waals surface area contributed by atoms with Crippen LogP contribution in [0.1, 0.15) is 20.8 Å². The number of hydrogen-bond donors (Lipinski definition) is 3. The molecule has 1 atom stereocenters. The quantitative estimate of drug-likeness (QED) is 0.481. The molecule has 2 aromatic carbocycles. The standard InChI is InChI=1S/C21H21Cl2N5O5/c1-21(2,3)28-15-9-11(5-6-14(15)25-19(28)31-4)32-16-12(22)7-10(8-13(16)23)24-18(29)17-26-20(30)33-27-17/h5-9,17,27H,1-4H3,(H,24,29)(H,26,30). The van der Waals surface area contributed by atoms with Crippen molar-refractivity contribution in [3.05, 3.63) is 40.4 Å². The van der Waals surface area contributed by atoms with Gasteiger partial charge >= 0.3 is 6.09 Å². The molecule has 1 aliphatic rings. The molecule has 12 heteroatoms. The molecule has 3 aromatic rings. The minimum absolute atomic E-state index is 0.180. The number of amides is 2. The lowest BCUT2D eigenvalue weighted by molar-refractivity contribution is -0.119. The van der Waals surface area contributed by atoms with Gasteiger partial charge in [-0.3, -0.25) is 14.7 Å². The summed E-state index contributed by atoms with van der Waals surface area (Å²) in [5.41, 5.74) is 3.86. The Morgan fingerprint density at radius 3 is 2.48 bits per heavy atom. The number of carbonyl (C=O) groups is 2. The molecule has 3 N–H and O–H groups in total. The van der Waals surface area contributed by atoms with Crippen molar-refractivity contribution < 1.29 is 23.9 Å². The van der Waals surface area contributed by atoms with E-state index in [0.717, 1.165) is 11.0 Å². The Morgan fingerprint density at radius 2 is 1.91 bits per heavy atom. The van der Waals surface area contributed by atoms with Crippen LogP contribution < -0.4 is 25.6 Å². The number of halogens is 2. The second kappa shape index (κ2) is 8.62. The molecule has 1 fully saturated rings. The van der Waals surface area contributed by atoms with Gasteiger partial charge < -0.3 is 19.6 Å². The van der Waals surface area contributed by atoms with Crippen molar-refractivity contribution in [3.63, 3.8) is 0 Å². The molecule has 0 aliphatic carbocycles. The van der Waals surface area contributed by atoms with Crippen LogP contribution in [0.5, 0.6) is 17.5 Å². The molecule has 0 bridgehead atoms. The summed E-state index contributed by atoms with van der Waals surface area (Å²) in [4.78, 5) is 32.3. The van der Waals surface area contributed by atoms with Gasteiger partial charge in [-0.25, -0.2) is 4.79 Å². The second-order valence-electron chi connectivity index (χ2n) is 8.20. The molecular weight excluding hydrogens is 473 g/mol. The summed E-state index contributed by atoms with van der Waals surface area (Å²) in [6, 6.07) is 8.85. The second-order valence-corrected chi connectivity index (χ2v) is 9.01. The first kappa shape index (κ1) is 23.0. The third-order valence-electron chi connectivity index (χ3n) is 4.73. The van der Waals surface area contributed by atoms with Crippen molar-refractivity contribution >= 4 is 51.9 Å². The first-order valence-electron chi connectivity index (χ1n) is 9.84. The Hall–Kier alpha value is -3.21. The molecule has 174 valence electrons. The van der Waals surface area contributed by atoms with E-state index in [1.54, 1.807) is 13.2 Å². The van der Waals surface area contributed by atoms with Crippen LogP contribution in [-0.4, -0.2) is 34.8 Å². The normalized spacial score (nSPS) is 15.8. The molecule has 1 aliphatic heterocycles. The fraction of sp³-hybridized carbons (Fsp3) is 0.286. The summed E-state index contributed by atoms with van der Waals surface area (Å²) in [7, 11) is 1.57. The number of hydrogen-bond acceptors (Lipinski definition) is 7. The Balaban J connectivity index is 1.60. The molecule has 2 amide bonds. The molecule has 4 rings (SSSR count). The van der Waals surface area contributed by atoms with E-state index in [0.29, 0.717) is 17.4 Å². The molecule has 10 nitrogen and oxygen atoms in total. The maximum atomic E-state index is 12.2. The van der Waals surface area contributed by atoms with E-state index in [2.05, 4.69) is 25.9 Å². The van der Waals surface area contributed by atoms with Crippen molar-refractivity contribution in [2.24, 2.45) is 0 Å². The van der Waals surface area contributed by atoms with Crippen molar-refractivity contribution in [2.75, 3.05) is 12.4 Å². The highest BCUT2D eigenvalue weighted by Crippen LogP contribution is 2.40. The molecule has 33 heavy (non-hydrogen) atoms. The first-order chi connectivity index (χ1) is 15.6. The predicted molar refractivity (Wildman–Crippen MR) is 123 cm³/mol. The third kappa shape index (κ3) is 4.63. The van der Waals surface area contributed by atoms with Gasteiger partial charge in [-0.05, 0) is 45.0 Å². The van der Waals surface area contributed by atoms with Gasteiger partial charge in [0.2, 0.25) is 0 Å². The Kier molecular flexibility index (Phi) is 6.00. The summed E-state index contributed by atoms with van der Waals surface area (Å²) >= 11 is 12.8. The number of benzene rings is 2. The van der Waals surface area contributed by atoms with Crippen LogP contribution in [0.3, 0.4) is 0 Å². The SMILES string of the molecule is COc1nc2ccc(Oc3c(Cl)cc(NC(=O)C4NOC(=O)N4)cc3Cl)cc2n1C(C)(C)C. The van der Waals surface area contributed by atoms with Crippen LogP contribution in [0.15, 0.2) is 30.3 Å². The van der Waals surface area contributed by atoms with Crippen molar-refractivity contribution in [1.82, 2.24) is 20.3 Å². The van der Waals surface area contributed by atoms with Crippen LogP contribution >= 0.6 is 23.2 Å². The summed E-state index contributed by atoms with van der Waals surface area (Å²) in [6.07, 6.45) is -1.79. The summed E-state index contributed by atoms with van der Waals surface area (Å²) in [6.45, 7) is 6.14. The number of hydroxylamine groups is 1. The van der Waals surface area contributed by atoms with Crippen LogP contribution in [0.25, 0.3) is 11.0 Å². The van der Waals surface area contributed by atoms with Gasteiger partial charge in [0.25, 0.3) is 11.9 Å². The van der Waals surface area contributed by atoms with E-state index in [-0.39, 0.29) is 21.3 Å². The number of methoxy groups -OCH3 is 1. The largest absolute Gasteiger partial charge is 0.468 e. The minimum Gasteiger partial charge on any atom is -0.468 e. The minimum atomic E-state index is -1.04. The zero-order valence-electron chi connectivity index (χ0n) is 18.2. The van der Waals surface area contributed by atoms with E-state index in [9.17, 15) is 9.59 Å². The lowest BCUT2D eigenvalue weighted by Crippen LogP contribution is -2.43. The summed E-state index contributed by atoms with van der Waals surface area (Å²) in [5, 5.41) is 5.24. The number of anilines is 1.